The molecule has 1 atom stereocenters. The minimum absolute atomic E-state index is 0. The Morgan fingerprint density at radius 1 is 1.38 bits per heavy atom. The average molecular weight is 243 g/mol. The summed E-state index contributed by atoms with van der Waals surface area (Å²) in [7, 11) is 0. The van der Waals surface area contributed by atoms with Crippen molar-refractivity contribution in [1.82, 2.24) is 0 Å². The van der Waals surface area contributed by atoms with E-state index in [1.165, 1.54) is 0 Å². The number of nitrogens with one attached hydrogen (secondary N) is 1. The fourth-order valence-electron chi connectivity index (χ4n) is 1.41. The van der Waals surface area contributed by atoms with Gasteiger partial charge in [0.25, 0.3) is 0 Å². The molecule has 4 heteroatoms. The number of para-hydroxylation sites is 1. The SMILES string of the molecule is CCC(N)C(=O)Nc1c(C)cccc1C.Cl. The largest absolute Gasteiger partial charge is 0.324 e. The van der Waals surface area contributed by atoms with E-state index in [4.69, 9.17) is 5.73 Å². The van der Waals surface area contributed by atoms with Gasteiger partial charge in [0.1, 0.15) is 0 Å². The predicted octanol–water partition coefficient (Wildman–Crippen LogP) is 2.40. The molecule has 0 aliphatic rings. The van der Waals surface area contributed by atoms with Crippen molar-refractivity contribution in [3.05, 3.63) is 29.3 Å². The van der Waals surface area contributed by atoms with Gasteiger partial charge in [-0.3, -0.25) is 4.79 Å². The number of nitrogens with two attached hydrogens (primary N) is 1. The van der Waals surface area contributed by atoms with E-state index in [0.29, 0.717) is 6.42 Å². The van der Waals surface area contributed by atoms with Gasteiger partial charge >= 0.3 is 0 Å². The van der Waals surface area contributed by atoms with E-state index in [2.05, 4.69) is 5.32 Å². The highest BCUT2D eigenvalue weighted by Gasteiger charge is 2.12. The lowest BCUT2D eigenvalue weighted by Gasteiger charge is -2.14. The van der Waals surface area contributed by atoms with Crippen molar-refractivity contribution in [1.29, 1.82) is 0 Å². The summed E-state index contributed by atoms with van der Waals surface area (Å²) in [5.41, 5.74) is 8.66. The second kappa shape index (κ2) is 6.51. The lowest BCUT2D eigenvalue weighted by molar-refractivity contribution is -0.117. The first-order valence-corrected chi connectivity index (χ1v) is 5.19. The highest BCUT2D eigenvalue weighted by molar-refractivity contribution is 5.95. The van der Waals surface area contributed by atoms with Crippen LogP contribution < -0.4 is 11.1 Å². The molecule has 1 aromatic carbocycles. The molecule has 0 saturated heterocycles. The molecule has 0 saturated carbocycles. The van der Waals surface area contributed by atoms with Crippen LogP contribution in [-0.2, 0) is 4.79 Å². The van der Waals surface area contributed by atoms with Crippen molar-refractivity contribution < 1.29 is 4.79 Å². The van der Waals surface area contributed by atoms with Crippen LogP contribution in [0.2, 0.25) is 0 Å². The zero-order chi connectivity index (χ0) is 11.4. The van der Waals surface area contributed by atoms with Crippen LogP contribution in [0.25, 0.3) is 0 Å². The van der Waals surface area contributed by atoms with Gasteiger partial charge in [-0.1, -0.05) is 25.1 Å². The summed E-state index contributed by atoms with van der Waals surface area (Å²) in [5.74, 6) is -0.116. The molecule has 0 aliphatic carbocycles. The van der Waals surface area contributed by atoms with Crippen LogP contribution in [0.3, 0.4) is 0 Å². The van der Waals surface area contributed by atoms with Crippen LogP contribution in [0.15, 0.2) is 18.2 Å². The van der Waals surface area contributed by atoms with Gasteiger partial charge in [0.15, 0.2) is 0 Å². The maximum Gasteiger partial charge on any atom is 0.241 e. The average Bonchev–Trinajstić information content (AvgIpc) is 2.22. The Hall–Kier alpha value is -1.06. The molecule has 1 rings (SSSR count). The minimum Gasteiger partial charge on any atom is -0.324 e. The molecule has 0 aromatic heterocycles. The molecule has 1 unspecified atom stereocenters. The summed E-state index contributed by atoms with van der Waals surface area (Å²) in [4.78, 5) is 11.6. The second-order valence-corrected chi connectivity index (χ2v) is 3.77. The Kier molecular flexibility index (Phi) is 6.08. The van der Waals surface area contributed by atoms with E-state index in [0.717, 1.165) is 16.8 Å². The molecule has 0 radical (unpaired) electrons. The number of halogens is 1. The van der Waals surface area contributed by atoms with E-state index in [1.54, 1.807) is 0 Å². The van der Waals surface area contributed by atoms with Crippen molar-refractivity contribution in [2.75, 3.05) is 5.32 Å². The summed E-state index contributed by atoms with van der Waals surface area (Å²) < 4.78 is 0. The summed E-state index contributed by atoms with van der Waals surface area (Å²) >= 11 is 0. The third kappa shape index (κ3) is 3.51. The maximum absolute atomic E-state index is 11.6. The highest BCUT2D eigenvalue weighted by Crippen LogP contribution is 2.19. The van der Waals surface area contributed by atoms with E-state index >= 15 is 0 Å². The standard InChI is InChI=1S/C12H18N2O.ClH/c1-4-10(13)12(15)14-11-8(2)6-5-7-9(11)3;/h5-7,10H,4,13H2,1-3H3,(H,14,15);1H. The van der Waals surface area contributed by atoms with Gasteiger partial charge in [-0.25, -0.2) is 0 Å². The Morgan fingerprint density at radius 3 is 2.31 bits per heavy atom. The second-order valence-electron chi connectivity index (χ2n) is 3.77. The fraction of sp³-hybridized carbons (Fsp3) is 0.417. The van der Waals surface area contributed by atoms with Crippen LogP contribution in [0.4, 0.5) is 5.69 Å². The normalized spacial score (nSPS) is 11.5. The third-order valence-electron chi connectivity index (χ3n) is 2.51. The van der Waals surface area contributed by atoms with Gasteiger partial charge in [0.2, 0.25) is 5.91 Å². The van der Waals surface area contributed by atoms with E-state index in [9.17, 15) is 4.79 Å². The smallest absolute Gasteiger partial charge is 0.241 e. The molecular weight excluding hydrogens is 224 g/mol. The first kappa shape index (κ1) is 14.9. The number of benzene rings is 1. The maximum atomic E-state index is 11.6. The molecule has 3 nitrogen and oxygen atoms in total. The topological polar surface area (TPSA) is 55.1 Å². The molecule has 1 aromatic rings. The Balaban J connectivity index is 0.00000225. The third-order valence-corrected chi connectivity index (χ3v) is 2.51. The molecule has 0 fully saturated rings. The summed E-state index contributed by atoms with van der Waals surface area (Å²) in [6, 6.07) is 5.49. The first-order chi connectivity index (χ1) is 7.06. The quantitative estimate of drug-likeness (QED) is 0.855. The van der Waals surface area contributed by atoms with Gasteiger partial charge in [0.05, 0.1) is 6.04 Å². The first-order valence-electron chi connectivity index (χ1n) is 5.19. The van der Waals surface area contributed by atoms with Crippen molar-refractivity contribution in [3.8, 4) is 0 Å². The molecule has 1 amide bonds. The van der Waals surface area contributed by atoms with Crippen LogP contribution in [0, 0.1) is 13.8 Å². The van der Waals surface area contributed by atoms with Crippen LogP contribution in [0.5, 0.6) is 0 Å². The zero-order valence-corrected chi connectivity index (χ0v) is 10.7. The number of aryl methyl sites for hydroxylation is 2. The van der Waals surface area contributed by atoms with Gasteiger partial charge < -0.3 is 11.1 Å². The van der Waals surface area contributed by atoms with Gasteiger partial charge in [0, 0.05) is 5.69 Å². The molecule has 0 aliphatic heterocycles. The summed E-state index contributed by atoms with van der Waals surface area (Å²) in [6.07, 6.45) is 0.650. The monoisotopic (exact) mass is 242 g/mol. The molecule has 90 valence electrons. The van der Waals surface area contributed by atoms with E-state index < -0.39 is 6.04 Å². The number of amides is 1. The molecule has 0 bridgehead atoms. The predicted molar refractivity (Wildman–Crippen MR) is 70.1 cm³/mol. The lowest BCUT2D eigenvalue weighted by atomic mass is 10.1. The number of anilines is 1. The fourth-order valence-corrected chi connectivity index (χ4v) is 1.41. The van der Waals surface area contributed by atoms with Gasteiger partial charge in [-0.15, -0.1) is 12.4 Å². The minimum atomic E-state index is -0.427. The summed E-state index contributed by atoms with van der Waals surface area (Å²) in [5, 5.41) is 2.87. The number of hydrogen-bond donors (Lipinski definition) is 2. The van der Waals surface area contributed by atoms with E-state index in [-0.39, 0.29) is 18.3 Å². The molecule has 0 spiro atoms. The number of carbonyl (C=O) groups is 1. The van der Waals surface area contributed by atoms with Crippen molar-refractivity contribution in [3.63, 3.8) is 0 Å². The van der Waals surface area contributed by atoms with Crippen molar-refractivity contribution in [2.24, 2.45) is 5.73 Å². The van der Waals surface area contributed by atoms with Gasteiger partial charge in [-0.2, -0.15) is 0 Å². The number of hydrogen-bond acceptors (Lipinski definition) is 2. The Morgan fingerprint density at radius 2 is 1.88 bits per heavy atom. The molecule has 3 N–H and O–H groups in total. The van der Waals surface area contributed by atoms with Crippen LogP contribution in [0.1, 0.15) is 24.5 Å². The zero-order valence-electron chi connectivity index (χ0n) is 9.91. The number of carbonyl (C=O) groups excluding carboxylic acids is 1. The summed E-state index contributed by atoms with van der Waals surface area (Å²) in [6.45, 7) is 5.84. The number of rotatable bonds is 3. The van der Waals surface area contributed by atoms with Crippen LogP contribution >= 0.6 is 12.4 Å². The Labute approximate surface area is 103 Å². The Bertz CT molecular complexity index is 346. The molecular formula is C12H19ClN2O. The van der Waals surface area contributed by atoms with Crippen LogP contribution in [-0.4, -0.2) is 11.9 Å². The van der Waals surface area contributed by atoms with Crippen molar-refractivity contribution in [2.45, 2.75) is 33.2 Å². The highest BCUT2D eigenvalue weighted by atomic mass is 35.5. The lowest BCUT2D eigenvalue weighted by Crippen LogP contribution is -2.35. The van der Waals surface area contributed by atoms with Crippen molar-refractivity contribution >= 4 is 24.0 Å². The van der Waals surface area contributed by atoms with Gasteiger partial charge in [-0.05, 0) is 31.4 Å². The molecule has 0 heterocycles. The molecule has 16 heavy (non-hydrogen) atoms. The van der Waals surface area contributed by atoms with E-state index in [1.807, 2.05) is 39.0 Å².